The first kappa shape index (κ1) is 13.3. The lowest BCUT2D eigenvalue weighted by molar-refractivity contribution is 0.109. The molecular formula is C12H10FNO4S. The van der Waals surface area contributed by atoms with Gasteiger partial charge in [-0.1, -0.05) is 6.07 Å². The molecule has 5 nitrogen and oxygen atoms in total. The van der Waals surface area contributed by atoms with Crippen molar-refractivity contribution in [2.24, 2.45) is 0 Å². The number of rotatable bonds is 4. The van der Waals surface area contributed by atoms with E-state index in [0.29, 0.717) is 6.29 Å². The van der Waals surface area contributed by atoms with Crippen LogP contribution in [0, 0.1) is 5.82 Å². The zero-order valence-corrected chi connectivity index (χ0v) is 10.7. The summed E-state index contributed by atoms with van der Waals surface area (Å²) >= 11 is 0. The molecule has 0 unspecified atom stereocenters. The molecule has 0 saturated heterocycles. The molecule has 0 bridgehead atoms. The van der Waals surface area contributed by atoms with Gasteiger partial charge < -0.3 is 4.42 Å². The highest BCUT2D eigenvalue weighted by Gasteiger charge is 2.25. The van der Waals surface area contributed by atoms with Gasteiger partial charge in [0.15, 0.2) is 12.0 Å². The third-order valence-corrected chi connectivity index (χ3v) is 4.16. The Morgan fingerprint density at radius 1 is 1.26 bits per heavy atom. The Kier molecular flexibility index (Phi) is 3.39. The van der Waals surface area contributed by atoms with E-state index in [9.17, 15) is 17.6 Å². The minimum atomic E-state index is -3.96. The third kappa shape index (κ3) is 2.50. The molecule has 7 heteroatoms. The lowest BCUT2D eigenvalue weighted by Crippen LogP contribution is -2.26. The average Bonchev–Trinajstić information content (AvgIpc) is 2.87. The van der Waals surface area contributed by atoms with E-state index in [1.54, 1.807) is 0 Å². The molecule has 100 valence electrons. The molecule has 0 aliphatic carbocycles. The van der Waals surface area contributed by atoms with Crippen molar-refractivity contribution in [1.82, 2.24) is 0 Å². The van der Waals surface area contributed by atoms with Crippen molar-refractivity contribution in [3.05, 3.63) is 48.0 Å². The fourth-order valence-corrected chi connectivity index (χ4v) is 2.58. The second-order valence-corrected chi connectivity index (χ2v) is 5.63. The summed E-state index contributed by atoms with van der Waals surface area (Å²) in [5.41, 5.74) is 0.157. The Balaban J connectivity index is 2.41. The van der Waals surface area contributed by atoms with Crippen molar-refractivity contribution in [3.8, 4) is 0 Å². The van der Waals surface area contributed by atoms with Gasteiger partial charge in [-0.25, -0.2) is 4.39 Å². The molecule has 0 amide bonds. The van der Waals surface area contributed by atoms with E-state index in [1.807, 2.05) is 0 Å². The molecule has 0 spiro atoms. The molecule has 0 fully saturated rings. The SMILES string of the molecule is CN(c1cccc(F)c1)S(=O)(=O)c1ccc(C=O)o1. The van der Waals surface area contributed by atoms with Crippen LogP contribution in [-0.4, -0.2) is 21.8 Å². The maximum atomic E-state index is 13.1. The fourth-order valence-electron chi connectivity index (χ4n) is 1.48. The van der Waals surface area contributed by atoms with Gasteiger partial charge in [0.25, 0.3) is 10.0 Å². The van der Waals surface area contributed by atoms with Crippen molar-refractivity contribution < 1.29 is 22.0 Å². The predicted octanol–water partition coefficient (Wildman–Crippen LogP) is 2.06. The van der Waals surface area contributed by atoms with Crippen molar-refractivity contribution in [2.75, 3.05) is 11.4 Å². The van der Waals surface area contributed by atoms with E-state index in [0.717, 1.165) is 10.4 Å². The van der Waals surface area contributed by atoms with Crippen LogP contribution in [0.4, 0.5) is 10.1 Å². The van der Waals surface area contributed by atoms with Crippen LogP contribution in [-0.2, 0) is 10.0 Å². The van der Waals surface area contributed by atoms with Crippen molar-refractivity contribution in [2.45, 2.75) is 5.09 Å². The van der Waals surface area contributed by atoms with E-state index in [1.165, 1.54) is 37.4 Å². The maximum Gasteiger partial charge on any atom is 0.297 e. The van der Waals surface area contributed by atoms with Crippen molar-refractivity contribution in [1.29, 1.82) is 0 Å². The minimum absolute atomic E-state index is 0.0915. The highest BCUT2D eigenvalue weighted by Crippen LogP contribution is 2.23. The number of furan rings is 1. The first-order chi connectivity index (χ1) is 8.95. The molecule has 0 atom stereocenters. The molecule has 19 heavy (non-hydrogen) atoms. The van der Waals surface area contributed by atoms with E-state index in [4.69, 9.17) is 4.42 Å². The highest BCUT2D eigenvalue weighted by molar-refractivity contribution is 7.92. The van der Waals surface area contributed by atoms with Crippen LogP contribution in [0.2, 0.25) is 0 Å². The number of hydrogen-bond acceptors (Lipinski definition) is 4. The topological polar surface area (TPSA) is 67.6 Å². The number of nitrogens with zero attached hydrogens (tertiary/aromatic N) is 1. The Hall–Kier alpha value is -2.15. The fraction of sp³-hybridized carbons (Fsp3) is 0.0833. The number of carbonyl (C=O) groups is 1. The second-order valence-electron chi connectivity index (χ2n) is 3.73. The van der Waals surface area contributed by atoms with Crippen LogP contribution in [0.1, 0.15) is 10.6 Å². The van der Waals surface area contributed by atoms with Gasteiger partial charge in [-0.2, -0.15) is 8.42 Å². The van der Waals surface area contributed by atoms with E-state index in [2.05, 4.69) is 0 Å². The van der Waals surface area contributed by atoms with Gasteiger partial charge in [0.05, 0.1) is 5.69 Å². The molecule has 0 saturated carbocycles. The number of benzene rings is 1. The molecule has 0 aliphatic heterocycles. The predicted molar refractivity (Wildman–Crippen MR) is 66.1 cm³/mol. The average molecular weight is 283 g/mol. The Bertz CT molecular complexity index is 708. The quantitative estimate of drug-likeness (QED) is 0.805. The molecule has 1 aromatic carbocycles. The minimum Gasteiger partial charge on any atom is -0.440 e. The van der Waals surface area contributed by atoms with Crippen molar-refractivity contribution >= 4 is 22.0 Å². The van der Waals surface area contributed by atoms with Crippen LogP contribution < -0.4 is 4.31 Å². The van der Waals surface area contributed by atoms with Crippen molar-refractivity contribution in [3.63, 3.8) is 0 Å². The van der Waals surface area contributed by atoms with Crippen LogP contribution in [0.3, 0.4) is 0 Å². The number of carbonyl (C=O) groups excluding carboxylic acids is 1. The molecule has 2 rings (SSSR count). The van der Waals surface area contributed by atoms with Crippen LogP contribution in [0.15, 0.2) is 45.9 Å². The summed E-state index contributed by atoms with van der Waals surface area (Å²) in [5.74, 6) is -0.640. The molecule has 1 aromatic heterocycles. The van der Waals surface area contributed by atoms with Crippen LogP contribution >= 0.6 is 0 Å². The van der Waals surface area contributed by atoms with Crippen LogP contribution in [0.25, 0.3) is 0 Å². The largest absolute Gasteiger partial charge is 0.440 e. The number of anilines is 1. The maximum absolute atomic E-state index is 13.1. The normalized spacial score (nSPS) is 11.3. The van der Waals surface area contributed by atoms with Gasteiger partial charge in [-0.05, 0) is 30.3 Å². The zero-order chi connectivity index (χ0) is 14.0. The summed E-state index contributed by atoms with van der Waals surface area (Å²) in [7, 11) is -2.69. The van der Waals surface area contributed by atoms with Gasteiger partial charge >= 0.3 is 0 Å². The monoisotopic (exact) mass is 283 g/mol. The second kappa shape index (κ2) is 4.85. The lowest BCUT2D eigenvalue weighted by Gasteiger charge is -2.17. The summed E-state index contributed by atoms with van der Waals surface area (Å²) in [6.45, 7) is 0. The molecule has 0 radical (unpaired) electrons. The molecule has 0 aliphatic rings. The third-order valence-electron chi connectivity index (χ3n) is 2.50. The lowest BCUT2D eigenvalue weighted by atomic mass is 10.3. The number of halogens is 1. The standard InChI is InChI=1S/C12H10FNO4S/c1-14(10-4-2-3-9(13)7-10)19(16,17)12-6-5-11(8-15)18-12/h2-8H,1H3. The summed E-state index contributed by atoms with van der Waals surface area (Å²) in [6, 6.07) is 7.57. The van der Waals surface area contributed by atoms with Gasteiger partial charge in [0, 0.05) is 7.05 Å². The first-order valence-corrected chi connectivity index (χ1v) is 6.68. The van der Waals surface area contributed by atoms with Gasteiger partial charge in [-0.15, -0.1) is 0 Å². The van der Waals surface area contributed by atoms with E-state index in [-0.39, 0.29) is 16.5 Å². The Morgan fingerprint density at radius 3 is 2.58 bits per heavy atom. The molecule has 2 aromatic rings. The zero-order valence-electron chi connectivity index (χ0n) is 9.91. The Labute approximate surface area is 109 Å². The summed E-state index contributed by atoms with van der Waals surface area (Å²) in [5, 5.41) is -0.374. The summed E-state index contributed by atoms with van der Waals surface area (Å²) in [4.78, 5) is 10.5. The highest BCUT2D eigenvalue weighted by atomic mass is 32.2. The van der Waals surface area contributed by atoms with Crippen LogP contribution in [0.5, 0.6) is 0 Å². The van der Waals surface area contributed by atoms with E-state index < -0.39 is 15.8 Å². The molecule has 1 heterocycles. The van der Waals surface area contributed by atoms with Gasteiger partial charge in [0.2, 0.25) is 5.09 Å². The number of hydrogen-bond donors (Lipinski definition) is 0. The van der Waals surface area contributed by atoms with Gasteiger partial charge in [-0.3, -0.25) is 9.10 Å². The summed E-state index contributed by atoms with van der Waals surface area (Å²) < 4.78 is 43.2. The number of aldehydes is 1. The molecular weight excluding hydrogens is 273 g/mol. The first-order valence-electron chi connectivity index (χ1n) is 5.24. The Morgan fingerprint density at radius 2 is 2.00 bits per heavy atom. The summed E-state index contributed by atoms with van der Waals surface area (Å²) in [6.07, 6.45) is 0.404. The van der Waals surface area contributed by atoms with E-state index >= 15 is 0 Å². The number of sulfonamides is 1. The van der Waals surface area contributed by atoms with Gasteiger partial charge in [0.1, 0.15) is 5.82 Å². The smallest absolute Gasteiger partial charge is 0.297 e. The molecule has 0 N–H and O–H groups in total.